The van der Waals surface area contributed by atoms with Crippen LogP contribution in [0.25, 0.3) is 0 Å². The largest absolute Gasteiger partial charge is 0.367 e. The van der Waals surface area contributed by atoms with Gasteiger partial charge in [0.25, 0.3) is 0 Å². The minimum Gasteiger partial charge on any atom is -0.367 e. The van der Waals surface area contributed by atoms with Crippen molar-refractivity contribution < 1.29 is 0 Å². The maximum absolute atomic E-state index is 3.44. The molecule has 0 aliphatic rings. The first-order chi connectivity index (χ1) is 6.93. The van der Waals surface area contributed by atoms with E-state index in [2.05, 4.69) is 27.9 Å². The number of hydrogen-bond donors (Lipinski definition) is 3. The van der Waals surface area contributed by atoms with E-state index in [0.29, 0.717) is 0 Å². The quantitative estimate of drug-likeness (QED) is 0.544. The topological polar surface area (TPSA) is 39.8 Å². The Labute approximate surface area is 86.3 Å². The van der Waals surface area contributed by atoms with Gasteiger partial charge in [0, 0.05) is 12.4 Å². The Kier molecular flexibility index (Phi) is 6.11. The lowest BCUT2D eigenvalue weighted by atomic mass is 10.2. The molecule has 0 radical (unpaired) electrons. The summed E-state index contributed by atoms with van der Waals surface area (Å²) >= 11 is 0. The molecule has 0 aromatic carbocycles. The minimum absolute atomic E-state index is 1.08. The predicted octanol–water partition coefficient (Wildman–Crippen LogP) is 1.15. The molecule has 0 saturated heterocycles. The summed E-state index contributed by atoms with van der Waals surface area (Å²) in [5.41, 5.74) is 1.38. The molecular weight excluding hydrogens is 174 g/mol. The fourth-order valence-corrected chi connectivity index (χ4v) is 1.42. The molecule has 1 aromatic heterocycles. The van der Waals surface area contributed by atoms with Crippen molar-refractivity contribution in [1.29, 1.82) is 0 Å². The van der Waals surface area contributed by atoms with Gasteiger partial charge in [0.2, 0.25) is 0 Å². The lowest BCUT2D eigenvalue weighted by Crippen LogP contribution is -2.19. The van der Waals surface area contributed by atoms with E-state index >= 15 is 0 Å². The molecule has 0 fully saturated rings. The van der Waals surface area contributed by atoms with Crippen LogP contribution in [0.15, 0.2) is 18.5 Å². The molecule has 3 nitrogen and oxygen atoms in total. The molecule has 0 bridgehead atoms. The van der Waals surface area contributed by atoms with Crippen LogP contribution in [0.1, 0.15) is 18.4 Å². The zero-order chi connectivity index (χ0) is 10.1. The molecule has 3 heteroatoms. The monoisotopic (exact) mass is 195 g/mol. The zero-order valence-electron chi connectivity index (χ0n) is 8.97. The highest BCUT2D eigenvalue weighted by Crippen LogP contribution is 1.95. The van der Waals surface area contributed by atoms with Crippen molar-refractivity contribution in [2.75, 3.05) is 26.7 Å². The van der Waals surface area contributed by atoms with Crippen LogP contribution in [-0.2, 0) is 6.42 Å². The maximum atomic E-state index is 3.44. The Bertz CT molecular complexity index is 206. The molecule has 0 saturated carbocycles. The molecule has 0 amide bonds. The molecule has 1 heterocycles. The number of aromatic nitrogens is 1. The summed E-state index contributed by atoms with van der Waals surface area (Å²) in [7, 11) is 2.00. The van der Waals surface area contributed by atoms with Crippen LogP contribution in [0.2, 0.25) is 0 Å². The van der Waals surface area contributed by atoms with Crippen LogP contribution >= 0.6 is 0 Å². The fraction of sp³-hybridized carbons (Fsp3) is 0.636. The second-order valence-corrected chi connectivity index (χ2v) is 3.53. The number of nitrogens with one attached hydrogen (secondary N) is 3. The van der Waals surface area contributed by atoms with Gasteiger partial charge in [-0.2, -0.15) is 0 Å². The summed E-state index contributed by atoms with van der Waals surface area (Å²) in [6.07, 6.45) is 7.67. The van der Waals surface area contributed by atoms with E-state index in [1.807, 2.05) is 13.2 Å². The van der Waals surface area contributed by atoms with Crippen molar-refractivity contribution in [2.45, 2.75) is 19.3 Å². The summed E-state index contributed by atoms with van der Waals surface area (Å²) in [6.45, 7) is 3.34. The first-order valence-corrected chi connectivity index (χ1v) is 5.40. The van der Waals surface area contributed by atoms with Crippen molar-refractivity contribution in [3.05, 3.63) is 24.0 Å². The summed E-state index contributed by atoms with van der Waals surface area (Å²) in [6, 6.07) is 2.13. The standard InChI is InChI=1S/C11H21N3/c1-12-6-2-3-7-13-8-4-11-5-9-14-10-11/h5,9-10,12-14H,2-4,6-8H2,1H3. The van der Waals surface area contributed by atoms with Gasteiger partial charge < -0.3 is 15.6 Å². The average molecular weight is 195 g/mol. The number of rotatable bonds is 8. The zero-order valence-corrected chi connectivity index (χ0v) is 8.97. The van der Waals surface area contributed by atoms with E-state index < -0.39 is 0 Å². The van der Waals surface area contributed by atoms with Crippen LogP contribution in [0.4, 0.5) is 0 Å². The summed E-state index contributed by atoms with van der Waals surface area (Å²) in [5, 5.41) is 6.59. The van der Waals surface area contributed by atoms with E-state index in [9.17, 15) is 0 Å². The first kappa shape index (κ1) is 11.3. The third-order valence-corrected chi connectivity index (χ3v) is 2.28. The molecule has 1 aromatic rings. The Morgan fingerprint density at radius 1 is 1.21 bits per heavy atom. The normalized spacial score (nSPS) is 10.6. The van der Waals surface area contributed by atoms with Crippen molar-refractivity contribution in [3.63, 3.8) is 0 Å². The van der Waals surface area contributed by atoms with Gasteiger partial charge in [-0.25, -0.2) is 0 Å². The number of H-pyrrole nitrogens is 1. The van der Waals surface area contributed by atoms with E-state index in [-0.39, 0.29) is 0 Å². The smallest absolute Gasteiger partial charge is 0.00378 e. The lowest BCUT2D eigenvalue weighted by Gasteiger charge is -2.03. The third-order valence-electron chi connectivity index (χ3n) is 2.28. The molecule has 3 N–H and O–H groups in total. The van der Waals surface area contributed by atoms with Gasteiger partial charge in [-0.05, 0) is 57.6 Å². The van der Waals surface area contributed by atoms with E-state index in [1.165, 1.54) is 18.4 Å². The van der Waals surface area contributed by atoms with Crippen LogP contribution in [0, 0.1) is 0 Å². The highest BCUT2D eigenvalue weighted by Gasteiger charge is 1.92. The molecule has 0 aliphatic carbocycles. The van der Waals surface area contributed by atoms with Crippen molar-refractivity contribution in [1.82, 2.24) is 15.6 Å². The Morgan fingerprint density at radius 2 is 2.07 bits per heavy atom. The van der Waals surface area contributed by atoms with Gasteiger partial charge in [-0.1, -0.05) is 0 Å². The molecule has 0 spiro atoms. The summed E-state index contributed by atoms with van der Waals surface area (Å²) in [4.78, 5) is 3.06. The lowest BCUT2D eigenvalue weighted by molar-refractivity contribution is 0.606. The second kappa shape index (κ2) is 7.59. The first-order valence-electron chi connectivity index (χ1n) is 5.40. The Balaban J connectivity index is 1.85. The van der Waals surface area contributed by atoms with Gasteiger partial charge in [0.15, 0.2) is 0 Å². The van der Waals surface area contributed by atoms with Gasteiger partial charge in [0.1, 0.15) is 0 Å². The van der Waals surface area contributed by atoms with Crippen LogP contribution in [0.3, 0.4) is 0 Å². The molecular formula is C11H21N3. The number of unbranched alkanes of at least 4 members (excludes halogenated alkanes) is 1. The second-order valence-electron chi connectivity index (χ2n) is 3.53. The maximum Gasteiger partial charge on any atom is 0.00378 e. The minimum atomic E-state index is 1.08. The molecule has 0 aliphatic heterocycles. The van der Waals surface area contributed by atoms with Crippen molar-refractivity contribution in [2.24, 2.45) is 0 Å². The predicted molar refractivity (Wildman–Crippen MR) is 60.5 cm³/mol. The molecule has 0 unspecified atom stereocenters. The van der Waals surface area contributed by atoms with Gasteiger partial charge in [-0.3, -0.25) is 0 Å². The highest BCUT2D eigenvalue weighted by molar-refractivity contribution is 5.08. The van der Waals surface area contributed by atoms with Crippen molar-refractivity contribution in [3.8, 4) is 0 Å². The van der Waals surface area contributed by atoms with Gasteiger partial charge >= 0.3 is 0 Å². The Hall–Kier alpha value is -0.800. The van der Waals surface area contributed by atoms with E-state index in [0.717, 1.165) is 26.1 Å². The number of hydrogen-bond acceptors (Lipinski definition) is 2. The van der Waals surface area contributed by atoms with Crippen LogP contribution < -0.4 is 10.6 Å². The number of aromatic amines is 1. The molecule has 1 rings (SSSR count). The summed E-state index contributed by atoms with van der Waals surface area (Å²) in [5.74, 6) is 0. The van der Waals surface area contributed by atoms with Crippen LogP contribution in [0.5, 0.6) is 0 Å². The molecule has 80 valence electrons. The molecule has 14 heavy (non-hydrogen) atoms. The molecule has 0 atom stereocenters. The Morgan fingerprint density at radius 3 is 2.79 bits per heavy atom. The van der Waals surface area contributed by atoms with Crippen molar-refractivity contribution >= 4 is 0 Å². The van der Waals surface area contributed by atoms with E-state index in [4.69, 9.17) is 0 Å². The van der Waals surface area contributed by atoms with Gasteiger partial charge in [0.05, 0.1) is 0 Å². The fourth-order valence-electron chi connectivity index (χ4n) is 1.42. The average Bonchev–Trinajstić information content (AvgIpc) is 2.69. The SMILES string of the molecule is CNCCCCNCCc1cc[nH]c1. The third kappa shape index (κ3) is 5.04. The summed E-state index contributed by atoms with van der Waals surface area (Å²) < 4.78 is 0. The van der Waals surface area contributed by atoms with E-state index in [1.54, 1.807) is 0 Å². The van der Waals surface area contributed by atoms with Gasteiger partial charge in [-0.15, -0.1) is 0 Å². The highest BCUT2D eigenvalue weighted by atomic mass is 14.8. The van der Waals surface area contributed by atoms with Crippen LogP contribution in [-0.4, -0.2) is 31.7 Å².